The average molecular weight is 327 g/mol. The smallest absolute Gasteiger partial charge is 0.404 e. The van der Waals surface area contributed by atoms with Gasteiger partial charge in [0.25, 0.3) is 0 Å². The molecule has 0 aromatic heterocycles. The molecule has 24 heavy (non-hydrogen) atoms. The van der Waals surface area contributed by atoms with Gasteiger partial charge in [0.2, 0.25) is 0 Å². The van der Waals surface area contributed by atoms with Gasteiger partial charge in [0, 0.05) is 24.8 Å². The molecule has 3 rings (SSSR count). The van der Waals surface area contributed by atoms with Crippen molar-refractivity contribution in [3.8, 4) is 11.5 Å². The molecular formula is C19H21NO4. The molecule has 0 heterocycles. The highest BCUT2D eigenvalue weighted by Crippen LogP contribution is 2.29. The van der Waals surface area contributed by atoms with E-state index in [1.54, 1.807) is 12.1 Å². The first-order valence-corrected chi connectivity index (χ1v) is 8.06. The molecule has 0 bridgehead atoms. The number of phenols is 1. The normalized spacial score (nSPS) is 20.7. The van der Waals surface area contributed by atoms with E-state index in [1.165, 1.54) is 5.56 Å². The van der Waals surface area contributed by atoms with Crippen molar-refractivity contribution in [1.29, 1.82) is 0 Å². The minimum atomic E-state index is -0.981. The third-order valence-corrected chi connectivity index (χ3v) is 4.50. The molecule has 1 amide bonds. The fraction of sp³-hybridized carbons (Fsp3) is 0.316. The Balaban J connectivity index is 1.56. The van der Waals surface area contributed by atoms with Crippen LogP contribution in [0.4, 0.5) is 4.79 Å². The lowest BCUT2D eigenvalue weighted by Crippen LogP contribution is -2.48. The lowest BCUT2D eigenvalue weighted by Gasteiger charge is -2.35. The maximum atomic E-state index is 10.5. The molecule has 3 N–H and O–H groups in total. The van der Waals surface area contributed by atoms with Crippen molar-refractivity contribution >= 4 is 6.09 Å². The zero-order valence-corrected chi connectivity index (χ0v) is 13.5. The number of phenolic OH excluding ortho intramolecular Hbond substituents is 1. The predicted octanol–water partition coefficient (Wildman–Crippen LogP) is 3.72. The van der Waals surface area contributed by atoms with Crippen LogP contribution in [0.5, 0.6) is 11.5 Å². The quantitative estimate of drug-likeness (QED) is 0.782. The Morgan fingerprint density at radius 3 is 2.17 bits per heavy atom. The molecule has 5 nitrogen and oxygen atoms in total. The number of hydrogen-bond donors (Lipinski definition) is 3. The zero-order chi connectivity index (χ0) is 17.1. The number of ether oxygens (including phenoxy) is 1. The lowest BCUT2D eigenvalue weighted by atomic mass is 9.89. The van der Waals surface area contributed by atoms with Crippen molar-refractivity contribution in [2.24, 2.45) is 0 Å². The molecule has 2 aromatic carbocycles. The molecule has 1 saturated carbocycles. The van der Waals surface area contributed by atoms with Gasteiger partial charge >= 0.3 is 6.09 Å². The van der Waals surface area contributed by atoms with Crippen molar-refractivity contribution in [2.75, 3.05) is 0 Å². The maximum Gasteiger partial charge on any atom is 0.404 e. The Labute approximate surface area is 140 Å². The lowest BCUT2D eigenvalue weighted by molar-refractivity contribution is 0.0834. The van der Waals surface area contributed by atoms with Crippen LogP contribution in [0.2, 0.25) is 0 Å². The number of aromatic hydroxyl groups is 1. The van der Waals surface area contributed by atoms with Gasteiger partial charge in [-0.25, -0.2) is 4.79 Å². The van der Waals surface area contributed by atoms with Crippen LogP contribution >= 0.6 is 0 Å². The first-order chi connectivity index (χ1) is 11.5. The van der Waals surface area contributed by atoms with Crippen molar-refractivity contribution < 1.29 is 19.7 Å². The summed E-state index contributed by atoms with van der Waals surface area (Å²) in [5, 5.41) is 20.5. The standard InChI is InChI=1S/C19H21NO4/c1-12(13-2-6-16(21)7-3-13)14-4-8-17(9-5-14)24-18-10-15(11-18)20-19(22)23/h2-9,12,15,18,20-21H,10-11H2,1H3,(H,22,23)/t12-,15?,18?/m1/s1. The SMILES string of the molecule is C[C@H](c1ccc(O)cc1)c1ccc(OC2CC(NC(=O)O)C2)cc1. The summed E-state index contributed by atoms with van der Waals surface area (Å²) >= 11 is 0. The third kappa shape index (κ3) is 3.79. The predicted molar refractivity (Wildman–Crippen MR) is 90.7 cm³/mol. The van der Waals surface area contributed by atoms with E-state index in [-0.39, 0.29) is 23.8 Å². The number of carbonyl (C=O) groups is 1. The fourth-order valence-corrected chi connectivity index (χ4v) is 2.94. The van der Waals surface area contributed by atoms with E-state index in [4.69, 9.17) is 9.84 Å². The van der Waals surface area contributed by atoms with Gasteiger partial charge in [-0.3, -0.25) is 0 Å². The van der Waals surface area contributed by atoms with Crippen molar-refractivity contribution in [1.82, 2.24) is 5.32 Å². The molecule has 126 valence electrons. The Morgan fingerprint density at radius 2 is 1.62 bits per heavy atom. The van der Waals surface area contributed by atoms with Crippen LogP contribution < -0.4 is 10.1 Å². The first-order valence-electron chi connectivity index (χ1n) is 8.06. The number of amides is 1. The molecule has 0 unspecified atom stereocenters. The van der Waals surface area contributed by atoms with E-state index >= 15 is 0 Å². The van der Waals surface area contributed by atoms with Gasteiger partial charge in [-0.1, -0.05) is 31.2 Å². The molecule has 1 aliphatic rings. The Hall–Kier alpha value is -2.69. The minimum absolute atomic E-state index is 0.00120. The van der Waals surface area contributed by atoms with Crippen LogP contribution in [0.25, 0.3) is 0 Å². The summed E-state index contributed by atoms with van der Waals surface area (Å²) in [5.74, 6) is 1.30. The van der Waals surface area contributed by atoms with Crippen LogP contribution in [0.3, 0.4) is 0 Å². The van der Waals surface area contributed by atoms with Crippen LogP contribution in [-0.2, 0) is 0 Å². The van der Waals surface area contributed by atoms with Crippen molar-refractivity contribution in [2.45, 2.75) is 37.8 Å². The second-order valence-corrected chi connectivity index (χ2v) is 6.24. The highest BCUT2D eigenvalue weighted by molar-refractivity contribution is 5.65. The van der Waals surface area contributed by atoms with Gasteiger partial charge in [-0.2, -0.15) is 0 Å². The minimum Gasteiger partial charge on any atom is -0.508 e. The van der Waals surface area contributed by atoms with Crippen LogP contribution in [0, 0.1) is 0 Å². The van der Waals surface area contributed by atoms with Crippen LogP contribution in [-0.4, -0.2) is 28.5 Å². The molecular weight excluding hydrogens is 306 g/mol. The number of nitrogens with one attached hydrogen (secondary N) is 1. The highest BCUT2D eigenvalue weighted by Gasteiger charge is 2.31. The van der Waals surface area contributed by atoms with Gasteiger partial charge in [0.15, 0.2) is 0 Å². The average Bonchev–Trinajstić information content (AvgIpc) is 2.53. The second kappa shape index (κ2) is 6.83. The summed E-state index contributed by atoms with van der Waals surface area (Å²) < 4.78 is 5.85. The molecule has 0 radical (unpaired) electrons. The summed E-state index contributed by atoms with van der Waals surface area (Å²) in [4.78, 5) is 10.5. The van der Waals surface area contributed by atoms with Gasteiger partial charge in [-0.15, -0.1) is 0 Å². The second-order valence-electron chi connectivity index (χ2n) is 6.24. The van der Waals surface area contributed by atoms with Gasteiger partial charge < -0.3 is 20.3 Å². The largest absolute Gasteiger partial charge is 0.508 e. The van der Waals surface area contributed by atoms with Gasteiger partial charge in [0.05, 0.1) is 0 Å². The van der Waals surface area contributed by atoms with Gasteiger partial charge in [-0.05, 0) is 35.4 Å². The molecule has 1 aliphatic carbocycles. The van der Waals surface area contributed by atoms with Crippen LogP contribution in [0.1, 0.15) is 36.8 Å². The molecule has 5 heteroatoms. The van der Waals surface area contributed by atoms with Crippen molar-refractivity contribution in [3.63, 3.8) is 0 Å². The van der Waals surface area contributed by atoms with E-state index in [1.807, 2.05) is 36.4 Å². The molecule has 1 atom stereocenters. The van der Waals surface area contributed by atoms with E-state index in [2.05, 4.69) is 12.2 Å². The maximum absolute atomic E-state index is 10.5. The Morgan fingerprint density at radius 1 is 1.08 bits per heavy atom. The van der Waals surface area contributed by atoms with Gasteiger partial charge in [0.1, 0.15) is 17.6 Å². The molecule has 0 aliphatic heterocycles. The van der Waals surface area contributed by atoms with E-state index in [9.17, 15) is 9.90 Å². The topological polar surface area (TPSA) is 78.8 Å². The molecule has 1 fully saturated rings. The summed E-state index contributed by atoms with van der Waals surface area (Å²) in [7, 11) is 0. The number of rotatable bonds is 5. The number of carboxylic acid groups (broad SMARTS) is 1. The van der Waals surface area contributed by atoms with E-state index < -0.39 is 6.09 Å². The number of benzene rings is 2. The zero-order valence-electron chi connectivity index (χ0n) is 13.5. The summed E-state index contributed by atoms with van der Waals surface area (Å²) in [6.45, 7) is 2.12. The molecule has 2 aromatic rings. The molecule has 0 saturated heterocycles. The van der Waals surface area contributed by atoms with Crippen molar-refractivity contribution in [3.05, 3.63) is 59.7 Å². The summed E-state index contributed by atoms with van der Waals surface area (Å²) in [5.41, 5.74) is 2.31. The fourth-order valence-electron chi connectivity index (χ4n) is 2.94. The monoisotopic (exact) mass is 327 g/mol. The Kier molecular flexibility index (Phi) is 4.60. The Bertz CT molecular complexity index is 690. The van der Waals surface area contributed by atoms with E-state index in [0.29, 0.717) is 12.8 Å². The summed E-state index contributed by atoms with van der Waals surface area (Å²) in [6.07, 6.45) is 0.504. The number of hydrogen-bond acceptors (Lipinski definition) is 3. The summed E-state index contributed by atoms with van der Waals surface area (Å²) in [6, 6.07) is 15.2. The third-order valence-electron chi connectivity index (χ3n) is 4.50. The molecule has 0 spiro atoms. The van der Waals surface area contributed by atoms with E-state index in [0.717, 1.165) is 11.3 Å². The van der Waals surface area contributed by atoms with Crippen LogP contribution in [0.15, 0.2) is 48.5 Å². The first kappa shape index (κ1) is 16.2. The highest BCUT2D eigenvalue weighted by atomic mass is 16.5.